The summed E-state index contributed by atoms with van der Waals surface area (Å²) in [6, 6.07) is 5.53. The van der Waals surface area contributed by atoms with Gasteiger partial charge in [0.05, 0.1) is 31.5 Å². The predicted molar refractivity (Wildman–Crippen MR) is 119 cm³/mol. The molecule has 1 aromatic carbocycles. The van der Waals surface area contributed by atoms with Crippen LogP contribution in [0.25, 0.3) is 10.9 Å². The van der Waals surface area contributed by atoms with E-state index in [2.05, 4.69) is 4.57 Å². The molecule has 2 aliphatic heterocycles. The average molecular weight is 450 g/mol. The number of sulfonamides is 1. The molecule has 0 radical (unpaired) electrons. The number of rotatable bonds is 4. The molecule has 1 spiro atoms. The van der Waals surface area contributed by atoms with Gasteiger partial charge in [-0.05, 0) is 30.5 Å². The Morgan fingerprint density at radius 2 is 1.97 bits per heavy atom. The van der Waals surface area contributed by atoms with Gasteiger partial charge in [0.1, 0.15) is 5.75 Å². The molecule has 8 nitrogen and oxygen atoms in total. The molecule has 1 saturated heterocycles. The topological polar surface area (TPSA) is 92.1 Å². The van der Waals surface area contributed by atoms with E-state index in [1.54, 1.807) is 12.0 Å². The van der Waals surface area contributed by atoms with Gasteiger partial charge in [-0.15, -0.1) is 0 Å². The maximum atomic E-state index is 12.9. The van der Waals surface area contributed by atoms with Crippen LogP contribution in [0.15, 0.2) is 18.2 Å². The lowest BCUT2D eigenvalue weighted by molar-refractivity contribution is -0.137. The number of hydrogen-bond donors (Lipinski definition) is 1. The molecular weight excluding hydrogens is 418 g/mol. The van der Waals surface area contributed by atoms with E-state index in [-0.39, 0.29) is 17.9 Å². The molecule has 0 unspecified atom stereocenters. The molecule has 3 heterocycles. The maximum Gasteiger partial charge on any atom is 0.222 e. The summed E-state index contributed by atoms with van der Waals surface area (Å²) in [6.07, 6.45) is 2.86. The Morgan fingerprint density at radius 1 is 1.29 bits per heavy atom. The summed E-state index contributed by atoms with van der Waals surface area (Å²) in [7, 11) is 0.327. The number of nitrogens with zero attached hydrogens (tertiary/aromatic N) is 3. The summed E-state index contributed by atoms with van der Waals surface area (Å²) in [5.41, 5.74) is 2.70. The normalized spacial score (nSPS) is 21.5. The lowest BCUT2D eigenvalue weighted by Gasteiger charge is -2.50. The number of piperidine rings is 1. The molecule has 1 fully saturated rings. The van der Waals surface area contributed by atoms with Gasteiger partial charge < -0.3 is 19.3 Å². The Hall–Kier alpha value is -2.10. The van der Waals surface area contributed by atoms with Crippen LogP contribution in [0.3, 0.4) is 0 Å². The van der Waals surface area contributed by atoms with E-state index in [0.29, 0.717) is 38.9 Å². The number of fused-ring (bicyclic) bond motifs is 4. The van der Waals surface area contributed by atoms with Crippen LogP contribution >= 0.6 is 0 Å². The first-order valence-electron chi connectivity index (χ1n) is 10.7. The van der Waals surface area contributed by atoms with E-state index in [9.17, 15) is 18.3 Å². The molecule has 1 N–H and O–H groups in total. The molecule has 9 heteroatoms. The van der Waals surface area contributed by atoms with E-state index in [0.717, 1.165) is 27.9 Å². The van der Waals surface area contributed by atoms with E-state index >= 15 is 0 Å². The second-order valence-corrected chi connectivity index (χ2v) is 10.7. The number of aliphatic hydroxyl groups is 1. The number of ether oxygens (including phenoxy) is 1. The summed E-state index contributed by atoms with van der Waals surface area (Å²) in [5.74, 6) is 0.742. The Labute approximate surface area is 183 Å². The van der Waals surface area contributed by atoms with Crippen molar-refractivity contribution in [3.05, 3.63) is 29.5 Å². The molecule has 1 aromatic heterocycles. The number of carbonyl (C=O) groups is 1. The number of methoxy groups -OCH3 is 1. The van der Waals surface area contributed by atoms with Crippen LogP contribution in [0.2, 0.25) is 0 Å². The Morgan fingerprint density at radius 3 is 2.52 bits per heavy atom. The summed E-state index contributed by atoms with van der Waals surface area (Å²) in [6.45, 7) is 3.00. The number of carbonyl (C=O) groups excluding carboxylic acids is 1. The molecular formula is C22H31N3O5S. The molecule has 0 bridgehead atoms. The Balaban J connectivity index is 1.93. The first kappa shape index (κ1) is 22.1. The highest BCUT2D eigenvalue weighted by atomic mass is 32.2. The third kappa shape index (κ3) is 3.43. The standard InChI is InChI=1S/C22H31N3O5S/c1-5-19(27)25-14-22(8-10-24(11-9-22)31(4,28)29)20-16-7-6-15(30-3)12-17(16)23(2)21(20)18(25)13-26/h6-7,12,18,26H,5,8-11,13-14H2,1-4H3/t18-/m0/s1. The zero-order valence-corrected chi connectivity index (χ0v) is 19.4. The lowest BCUT2D eigenvalue weighted by Crippen LogP contribution is -2.56. The van der Waals surface area contributed by atoms with Crippen molar-refractivity contribution in [3.63, 3.8) is 0 Å². The fourth-order valence-electron chi connectivity index (χ4n) is 5.48. The molecule has 2 aliphatic rings. The highest BCUT2D eigenvalue weighted by Gasteiger charge is 2.49. The zero-order chi connectivity index (χ0) is 22.6. The zero-order valence-electron chi connectivity index (χ0n) is 18.6. The van der Waals surface area contributed by atoms with Crippen molar-refractivity contribution < 1.29 is 23.1 Å². The summed E-state index contributed by atoms with van der Waals surface area (Å²) in [5, 5.41) is 11.4. The van der Waals surface area contributed by atoms with Crippen molar-refractivity contribution in [2.75, 3.05) is 39.6 Å². The van der Waals surface area contributed by atoms with Crippen molar-refractivity contribution >= 4 is 26.8 Å². The second-order valence-electron chi connectivity index (χ2n) is 8.72. The van der Waals surface area contributed by atoms with Gasteiger partial charge in [0, 0.05) is 55.7 Å². The Bertz CT molecular complexity index is 1120. The average Bonchev–Trinajstić information content (AvgIpc) is 3.05. The molecule has 4 rings (SSSR count). The first-order valence-corrected chi connectivity index (χ1v) is 12.5. The van der Waals surface area contributed by atoms with Crippen LogP contribution in [0.4, 0.5) is 0 Å². The number of aryl methyl sites for hydroxylation is 1. The van der Waals surface area contributed by atoms with Gasteiger partial charge in [-0.3, -0.25) is 4.79 Å². The van der Waals surface area contributed by atoms with Crippen molar-refractivity contribution in [1.82, 2.24) is 13.8 Å². The van der Waals surface area contributed by atoms with Gasteiger partial charge in [0.25, 0.3) is 0 Å². The minimum Gasteiger partial charge on any atom is -0.497 e. The van der Waals surface area contributed by atoms with E-state index in [4.69, 9.17) is 4.74 Å². The fraction of sp³-hybridized carbons (Fsp3) is 0.591. The largest absolute Gasteiger partial charge is 0.497 e. The molecule has 0 aliphatic carbocycles. The van der Waals surface area contributed by atoms with E-state index < -0.39 is 16.1 Å². The van der Waals surface area contributed by atoms with Gasteiger partial charge in [0.15, 0.2) is 0 Å². The minimum atomic E-state index is -3.26. The number of hydrogen-bond acceptors (Lipinski definition) is 5. The number of amides is 1. The number of aromatic nitrogens is 1. The van der Waals surface area contributed by atoms with Gasteiger partial charge in [-0.25, -0.2) is 12.7 Å². The third-order valence-corrected chi connectivity index (χ3v) is 8.40. The molecule has 0 saturated carbocycles. The summed E-state index contributed by atoms with van der Waals surface area (Å²) in [4.78, 5) is 14.7. The number of benzene rings is 1. The second kappa shape index (κ2) is 7.79. The van der Waals surface area contributed by atoms with Crippen LogP contribution in [0.1, 0.15) is 43.5 Å². The highest BCUT2D eigenvalue weighted by molar-refractivity contribution is 7.88. The molecule has 31 heavy (non-hydrogen) atoms. The van der Waals surface area contributed by atoms with Gasteiger partial charge in [-0.2, -0.15) is 0 Å². The SMILES string of the molecule is CCC(=O)N1CC2(CCN(S(C)(=O)=O)CC2)c2c(n(C)c3cc(OC)ccc23)[C@@H]1CO. The van der Waals surface area contributed by atoms with E-state index in [1.807, 2.05) is 32.2 Å². The van der Waals surface area contributed by atoms with Gasteiger partial charge in [0.2, 0.25) is 15.9 Å². The third-order valence-electron chi connectivity index (χ3n) is 7.09. The smallest absolute Gasteiger partial charge is 0.222 e. The van der Waals surface area contributed by atoms with Crippen molar-refractivity contribution in [1.29, 1.82) is 0 Å². The molecule has 170 valence electrons. The van der Waals surface area contributed by atoms with Gasteiger partial charge >= 0.3 is 0 Å². The van der Waals surface area contributed by atoms with Crippen LogP contribution < -0.4 is 4.74 Å². The van der Waals surface area contributed by atoms with Crippen LogP contribution in [-0.4, -0.2) is 72.8 Å². The molecule has 2 aromatic rings. The van der Waals surface area contributed by atoms with Crippen molar-refractivity contribution in [2.45, 2.75) is 37.6 Å². The highest BCUT2D eigenvalue weighted by Crippen LogP contribution is 2.50. The van der Waals surface area contributed by atoms with Gasteiger partial charge in [-0.1, -0.05) is 6.92 Å². The minimum absolute atomic E-state index is 0.00236. The van der Waals surface area contributed by atoms with E-state index in [1.165, 1.54) is 10.6 Å². The van der Waals surface area contributed by atoms with Crippen molar-refractivity contribution in [3.8, 4) is 5.75 Å². The number of aliphatic hydroxyl groups excluding tert-OH is 1. The van der Waals surface area contributed by atoms with Crippen molar-refractivity contribution in [2.24, 2.45) is 7.05 Å². The predicted octanol–water partition coefficient (Wildman–Crippen LogP) is 1.77. The lowest BCUT2D eigenvalue weighted by atomic mass is 9.68. The van der Waals surface area contributed by atoms with Crippen LogP contribution in [-0.2, 0) is 27.3 Å². The van der Waals surface area contributed by atoms with Crippen LogP contribution in [0.5, 0.6) is 5.75 Å². The maximum absolute atomic E-state index is 12.9. The fourth-order valence-corrected chi connectivity index (χ4v) is 6.32. The quantitative estimate of drug-likeness (QED) is 0.768. The monoisotopic (exact) mass is 449 g/mol. The summed E-state index contributed by atoms with van der Waals surface area (Å²) < 4.78 is 33.2. The summed E-state index contributed by atoms with van der Waals surface area (Å²) >= 11 is 0. The molecule has 1 amide bonds. The first-order chi connectivity index (χ1) is 14.7. The van der Waals surface area contributed by atoms with Crippen LogP contribution in [0, 0.1) is 0 Å². The Kier molecular flexibility index (Phi) is 5.56. The molecule has 1 atom stereocenters.